The molecule has 136 valence electrons. The van der Waals surface area contributed by atoms with Gasteiger partial charge < -0.3 is 9.64 Å². The second-order valence-electron chi connectivity index (χ2n) is 6.25. The number of nitrogens with zero attached hydrogens (tertiary/aromatic N) is 2. The molecule has 1 fully saturated rings. The molecule has 0 aromatic heterocycles. The number of nitro benzene ring substituents is 1. The third-order valence-corrected chi connectivity index (χ3v) is 4.78. The number of morpholine rings is 1. The highest BCUT2D eigenvalue weighted by Crippen LogP contribution is 2.36. The van der Waals surface area contributed by atoms with Gasteiger partial charge in [0.15, 0.2) is 5.78 Å². The van der Waals surface area contributed by atoms with Gasteiger partial charge in [-0.2, -0.15) is 0 Å². The SMILES string of the molecule is O=C1c2ccccc2C(=O)c2c1ccc(C(=O)N1CCOCC1)c2[N+](=O)[O-]. The summed E-state index contributed by atoms with van der Waals surface area (Å²) in [5.41, 5.74) is -0.865. The number of fused-ring (bicyclic) bond motifs is 2. The van der Waals surface area contributed by atoms with Crippen LogP contribution < -0.4 is 0 Å². The highest BCUT2D eigenvalue weighted by molar-refractivity contribution is 6.30. The van der Waals surface area contributed by atoms with Crippen LogP contribution in [-0.2, 0) is 4.74 Å². The van der Waals surface area contributed by atoms with Crippen molar-refractivity contribution in [1.82, 2.24) is 4.90 Å². The quantitative estimate of drug-likeness (QED) is 0.506. The van der Waals surface area contributed by atoms with Crippen LogP contribution in [0.3, 0.4) is 0 Å². The molecule has 1 aliphatic carbocycles. The molecule has 0 atom stereocenters. The Hall–Kier alpha value is -3.39. The van der Waals surface area contributed by atoms with Gasteiger partial charge in [0.25, 0.3) is 11.6 Å². The third kappa shape index (κ3) is 2.61. The Labute approximate surface area is 153 Å². The van der Waals surface area contributed by atoms with Gasteiger partial charge in [-0.25, -0.2) is 0 Å². The first-order valence-electron chi connectivity index (χ1n) is 8.37. The predicted octanol–water partition coefficient (Wildman–Crippen LogP) is 1.84. The van der Waals surface area contributed by atoms with Gasteiger partial charge in [-0.05, 0) is 12.1 Å². The molecule has 1 saturated heterocycles. The molecular formula is C19H14N2O6. The zero-order chi connectivity index (χ0) is 19.1. The molecule has 8 nitrogen and oxygen atoms in total. The normalized spacial score (nSPS) is 15.9. The second kappa shape index (κ2) is 6.40. The van der Waals surface area contributed by atoms with Gasteiger partial charge in [-0.1, -0.05) is 24.3 Å². The molecule has 0 spiro atoms. The summed E-state index contributed by atoms with van der Waals surface area (Å²) >= 11 is 0. The third-order valence-electron chi connectivity index (χ3n) is 4.78. The Bertz CT molecular complexity index is 1010. The van der Waals surface area contributed by atoms with Crippen LogP contribution in [0.5, 0.6) is 0 Å². The van der Waals surface area contributed by atoms with Gasteiger partial charge in [-0.3, -0.25) is 24.5 Å². The number of hydrogen-bond donors (Lipinski definition) is 0. The van der Waals surface area contributed by atoms with Crippen molar-refractivity contribution >= 4 is 23.2 Å². The number of ether oxygens (including phenoxy) is 1. The number of nitro groups is 1. The van der Waals surface area contributed by atoms with E-state index in [9.17, 15) is 24.5 Å². The van der Waals surface area contributed by atoms with Gasteiger partial charge in [0.2, 0.25) is 5.78 Å². The Morgan fingerprint density at radius 3 is 2.22 bits per heavy atom. The van der Waals surface area contributed by atoms with Crippen molar-refractivity contribution in [3.05, 3.63) is 74.3 Å². The summed E-state index contributed by atoms with van der Waals surface area (Å²) < 4.78 is 5.20. The van der Waals surface area contributed by atoms with Crippen molar-refractivity contribution in [2.75, 3.05) is 26.3 Å². The van der Waals surface area contributed by atoms with Crippen LogP contribution in [0.25, 0.3) is 0 Å². The van der Waals surface area contributed by atoms with Crippen LogP contribution in [0.2, 0.25) is 0 Å². The summed E-state index contributed by atoms with van der Waals surface area (Å²) in [4.78, 5) is 50.9. The fourth-order valence-corrected chi connectivity index (χ4v) is 3.47. The summed E-state index contributed by atoms with van der Waals surface area (Å²) in [5.74, 6) is -1.64. The summed E-state index contributed by atoms with van der Waals surface area (Å²) in [6.45, 7) is 1.30. The van der Waals surface area contributed by atoms with E-state index in [4.69, 9.17) is 4.74 Å². The number of carbonyl (C=O) groups is 3. The van der Waals surface area contributed by atoms with E-state index in [0.717, 1.165) is 0 Å². The first kappa shape index (κ1) is 17.0. The largest absolute Gasteiger partial charge is 0.378 e. The zero-order valence-corrected chi connectivity index (χ0v) is 14.1. The van der Waals surface area contributed by atoms with Crippen molar-refractivity contribution in [3.8, 4) is 0 Å². The smallest absolute Gasteiger partial charge is 0.294 e. The number of amides is 1. The van der Waals surface area contributed by atoms with E-state index in [1.165, 1.54) is 29.2 Å². The standard InChI is InChI=1S/C19H14N2O6/c22-17-11-3-1-2-4-12(11)18(23)15-13(17)5-6-14(16(15)21(25)26)19(24)20-7-9-27-10-8-20/h1-6H,7-10H2. The predicted molar refractivity (Wildman–Crippen MR) is 93.1 cm³/mol. The van der Waals surface area contributed by atoms with E-state index in [2.05, 4.69) is 0 Å². The maximum Gasteiger partial charge on any atom is 0.294 e. The molecule has 0 N–H and O–H groups in total. The average molecular weight is 366 g/mol. The summed E-state index contributed by atoms with van der Waals surface area (Å²) in [5, 5.41) is 11.8. The number of hydrogen-bond acceptors (Lipinski definition) is 6. The molecule has 1 aliphatic heterocycles. The van der Waals surface area contributed by atoms with Crippen molar-refractivity contribution < 1.29 is 24.0 Å². The molecule has 1 amide bonds. The molecule has 1 heterocycles. The molecule has 2 aromatic carbocycles. The lowest BCUT2D eigenvalue weighted by Gasteiger charge is -2.27. The molecule has 4 rings (SSSR count). The monoisotopic (exact) mass is 366 g/mol. The van der Waals surface area contributed by atoms with Crippen molar-refractivity contribution in [2.24, 2.45) is 0 Å². The van der Waals surface area contributed by atoms with Crippen LogP contribution in [0.4, 0.5) is 5.69 Å². The number of ketones is 2. The van der Waals surface area contributed by atoms with E-state index in [1.807, 2.05) is 0 Å². The minimum Gasteiger partial charge on any atom is -0.378 e. The summed E-state index contributed by atoms with van der Waals surface area (Å²) in [7, 11) is 0. The highest BCUT2D eigenvalue weighted by Gasteiger charge is 2.39. The first-order chi connectivity index (χ1) is 13.0. The molecule has 0 saturated carbocycles. The lowest BCUT2D eigenvalue weighted by atomic mass is 9.82. The van der Waals surface area contributed by atoms with Crippen LogP contribution in [0.1, 0.15) is 42.2 Å². The number of rotatable bonds is 2. The van der Waals surface area contributed by atoms with Gasteiger partial charge in [0.1, 0.15) is 11.1 Å². The van der Waals surface area contributed by atoms with Crippen molar-refractivity contribution in [1.29, 1.82) is 0 Å². The topological polar surface area (TPSA) is 107 Å². The van der Waals surface area contributed by atoms with Gasteiger partial charge >= 0.3 is 0 Å². The second-order valence-corrected chi connectivity index (χ2v) is 6.25. The highest BCUT2D eigenvalue weighted by atomic mass is 16.6. The zero-order valence-electron chi connectivity index (χ0n) is 14.1. The molecule has 8 heteroatoms. The molecule has 0 radical (unpaired) electrons. The summed E-state index contributed by atoms with van der Waals surface area (Å²) in [6.07, 6.45) is 0. The maximum atomic E-state index is 12.9. The molecule has 2 aliphatic rings. The molecule has 0 bridgehead atoms. The minimum atomic E-state index is -0.758. The van der Waals surface area contributed by atoms with Crippen LogP contribution in [0, 0.1) is 10.1 Å². The molecule has 0 unspecified atom stereocenters. The maximum absolute atomic E-state index is 12.9. The minimum absolute atomic E-state index is 0.0519. The van der Waals surface area contributed by atoms with E-state index >= 15 is 0 Å². The van der Waals surface area contributed by atoms with Crippen LogP contribution >= 0.6 is 0 Å². The fraction of sp³-hybridized carbons (Fsp3) is 0.211. The van der Waals surface area contributed by atoms with E-state index < -0.39 is 28.1 Å². The number of carbonyl (C=O) groups excluding carboxylic acids is 3. The van der Waals surface area contributed by atoms with Gasteiger partial charge in [-0.15, -0.1) is 0 Å². The average Bonchev–Trinajstić information content (AvgIpc) is 2.71. The van der Waals surface area contributed by atoms with Gasteiger partial charge in [0, 0.05) is 29.8 Å². The number of benzene rings is 2. The Morgan fingerprint density at radius 1 is 0.963 bits per heavy atom. The van der Waals surface area contributed by atoms with E-state index in [0.29, 0.717) is 26.3 Å². The van der Waals surface area contributed by atoms with Crippen molar-refractivity contribution in [3.63, 3.8) is 0 Å². The van der Waals surface area contributed by atoms with E-state index in [-0.39, 0.29) is 27.8 Å². The lowest BCUT2D eigenvalue weighted by molar-refractivity contribution is -0.385. The van der Waals surface area contributed by atoms with Crippen molar-refractivity contribution in [2.45, 2.75) is 0 Å². The van der Waals surface area contributed by atoms with Gasteiger partial charge in [0.05, 0.1) is 18.1 Å². The molecule has 27 heavy (non-hydrogen) atoms. The molecule has 2 aromatic rings. The van der Waals surface area contributed by atoms with Crippen LogP contribution in [0.15, 0.2) is 36.4 Å². The lowest BCUT2D eigenvalue weighted by Crippen LogP contribution is -2.41. The Morgan fingerprint density at radius 2 is 1.59 bits per heavy atom. The summed E-state index contributed by atoms with van der Waals surface area (Å²) in [6, 6.07) is 8.76. The first-order valence-corrected chi connectivity index (χ1v) is 8.37. The fourth-order valence-electron chi connectivity index (χ4n) is 3.47. The Balaban J connectivity index is 1.90. The molecular weight excluding hydrogens is 352 g/mol. The Kier molecular flexibility index (Phi) is 4.04. The van der Waals surface area contributed by atoms with E-state index in [1.54, 1.807) is 12.1 Å². The van der Waals surface area contributed by atoms with Crippen LogP contribution in [-0.4, -0.2) is 53.6 Å².